The summed E-state index contributed by atoms with van der Waals surface area (Å²) in [5.41, 5.74) is 6.88. The first-order valence-electron chi connectivity index (χ1n) is 7.94. The van der Waals surface area contributed by atoms with E-state index >= 15 is 0 Å². The SMILES string of the molecule is CC(C)CN(c1nc(N)nc2ccccc12)C1CCCC1. The Bertz CT molecular complexity index is 617. The average Bonchev–Trinajstić information content (AvgIpc) is 2.97. The second-order valence-electron chi connectivity index (χ2n) is 6.41. The van der Waals surface area contributed by atoms with E-state index in [1.165, 1.54) is 25.7 Å². The number of aromatic nitrogens is 2. The first-order chi connectivity index (χ1) is 10.1. The molecule has 0 saturated heterocycles. The van der Waals surface area contributed by atoms with E-state index in [0.717, 1.165) is 23.3 Å². The zero-order chi connectivity index (χ0) is 14.8. The van der Waals surface area contributed by atoms with Gasteiger partial charge in [-0.15, -0.1) is 0 Å². The summed E-state index contributed by atoms with van der Waals surface area (Å²) in [6.45, 7) is 5.54. The number of anilines is 2. The molecule has 1 aromatic heterocycles. The lowest BCUT2D eigenvalue weighted by molar-refractivity contribution is 0.532. The molecule has 1 fully saturated rings. The van der Waals surface area contributed by atoms with Gasteiger partial charge in [0.05, 0.1) is 5.52 Å². The van der Waals surface area contributed by atoms with E-state index in [9.17, 15) is 0 Å². The van der Waals surface area contributed by atoms with Gasteiger partial charge in [-0.1, -0.05) is 38.8 Å². The van der Waals surface area contributed by atoms with E-state index in [1.807, 2.05) is 18.2 Å². The minimum Gasteiger partial charge on any atom is -0.368 e. The number of hydrogen-bond acceptors (Lipinski definition) is 4. The van der Waals surface area contributed by atoms with Crippen molar-refractivity contribution in [3.05, 3.63) is 24.3 Å². The molecule has 1 aliphatic carbocycles. The molecule has 1 aromatic carbocycles. The summed E-state index contributed by atoms with van der Waals surface area (Å²) in [6, 6.07) is 8.75. The van der Waals surface area contributed by atoms with E-state index < -0.39 is 0 Å². The maximum absolute atomic E-state index is 5.94. The highest BCUT2D eigenvalue weighted by atomic mass is 15.2. The summed E-state index contributed by atoms with van der Waals surface area (Å²) in [6.07, 6.45) is 5.14. The van der Waals surface area contributed by atoms with Gasteiger partial charge in [0.15, 0.2) is 0 Å². The van der Waals surface area contributed by atoms with Crippen LogP contribution in [0, 0.1) is 5.92 Å². The molecule has 1 heterocycles. The highest BCUT2D eigenvalue weighted by Crippen LogP contribution is 2.32. The molecule has 0 aliphatic heterocycles. The Kier molecular flexibility index (Phi) is 3.95. The van der Waals surface area contributed by atoms with Crippen molar-refractivity contribution in [1.29, 1.82) is 0 Å². The first kappa shape index (κ1) is 14.1. The standard InChI is InChI=1S/C17H24N4/c1-12(2)11-21(13-7-3-4-8-13)16-14-9-5-6-10-15(14)19-17(18)20-16/h5-6,9-10,12-13H,3-4,7-8,11H2,1-2H3,(H2,18,19,20). The van der Waals surface area contributed by atoms with Gasteiger partial charge in [0, 0.05) is 18.0 Å². The molecular formula is C17H24N4. The third-order valence-corrected chi connectivity index (χ3v) is 4.20. The minimum atomic E-state index is 0.371. The molecular weight excluding hydrogens is 260 g/mol. The van der Waals surface area contributed by atoms with Gasteiger partial charge in [0.25, 0.3) is 0 Å². The summed E-state index contributed by atoms with van der Waals surface area (Å²) < 4.78 is 0. The Balaban J connectivity index is 2.09. The van der Waals surface area contributed by atoms with Crippen LogP contribution < -0.4 is 10.6 Å². The average molecular weight is 284 g/mol. The Morgan fingerprint density at radius 3 is 2.62 bits per heavy atom. The van der Waals surface area contributed by atoms with E-state index in [-0.39, 0.29) is 0 Å². The second-order valence-corrected chi connectivity index (χ2v) is 6.41. The zero-order valence-corrected chi connectivity index (χ0v) is 12.9. The fourth-order valence-electron chi connectivity index (χ4n) is 3.31. The van der Waals surface area contributed by atoms with Crippen molar-refractivity contribution in [3.63, 3.8) is 0 Å². The van der Waals surface area contributed by atoms with Crippen molar-refractivity contribution in [3.8, 4) is 0 Å². The van der Waals surface area contributed by atoms with Crippen molar-refractivity contribution < 1.29 is 0 Å². The van der Waals surface area contributed by atoms with Gasteiger partial charge in [-0.3, -0.25) is 0 Å². The van der Waals surface area contributed by atoms with Gasteiger partial charge in [0.2, 0.25) is 5.95 Å². The van der Waals surface area contributed by atoms with Crippen molar-refractivity contribution in [1.82, 2.24) is 9.97 Å². The predicted molar refractivity (Wildman–Crippen MR) is 88.4 cm³/mol. The monoisotopic (exact) mass is 284 g/mol. The van der Waals surface area contributed by atoms with Gasteiger partial charge in [-0.05, 0) is 30.9 Å². The molecule has 0 spiro atoms. The molecule has 0 radical (unpaired) electrons. The summed E-state index contributed by atoms with van der Waals surface area (Å²) in [7, 11) is 0. The van der Waals surface area contributed by atoms with Crippen LogP contribution in [0.5, 0.6) is 0 Å². The first-order valence-corrected chi connectivity index (χ1v) is 7.94. The lowest BCUT2D eigenvalue weighted by Crippen LogP contribution is -2.37. The van der Waals surface area contributed by atoms with Crippen LogP contribution in [0.3, 0.4) is 0 Å². The number of para-hydroxylation sites is 1. The molecule has 0 bridgehead atoms. The van der Waals surface area contributed by atoms with Crippen LogP contribution in [0.15, 0.2) is 24.3 Å². The van der Waals surface area contributed by atoms with Crippen LogP contribution in [-0.4, -0.2) is 22.6 Å². The number of nitrogens with zero attached hydrogens (tertiary/aromatic N) is 3. The fraction of sp³-hybridized carbons (Fsp3) is 0.529. The fourth-order valence-corrected chi connectivity index (χ4v) is 3.31. The highest BCUT2D eigenvalue weighted by Gasteiger charge is 2.26. The predicted octanol–water partition coefficient (Wildman–Crippen LogP) is 3.62. The molecule has 21 heavy (non-hydrogen) atoms. The Labute approximate surface area is 126 Å². The molecule has 4 heteroatoms. The van der Waals surface area contributed by atoms with Gasteiger partial charge >= 0.3 is 0 Å². The normalized spacial score (nSPS) is 16.0. The lowest BCUT2D eigenvalue weighted by Gasteiger charge is -2.32. The molecule has 2 N–H and O–H groups in total. The van der Waals surface area contributed by atoms with Gasteiger partial charge in [0.1, 0.15) is 5.82 Å². The third kappa shape index (κ3) is 2.94. The van der Waals surface area contributed by atoms with Crippen LogP contribution in [0.1, 0.15) is 39.5 Å². The highest BCUT2D eigenvalue weighted by molar-refractivity contribution is 5.90. The zero-order valence-electron chi connectivity index (χ0n) is 12.9. The largest absolute Gasteiger partial charge is 0.368 e. The second kappa shape index (κ2) is 5.88. The number of nitrogens with two attached hydrogens (primary N) is 1. The van der Waals surface area contributed by atoms with Crippen LogP contribution in [0.25, 0.3) is 10.9 Å². The van der Waals surface area contributed by atoms with E-state index in [0.29, 0.717) is 17.9 Å². The third-order valence-electron chi connectivity index (χ3n) is 4.20. The van der Waals surface area contributed by atoms with Crippen LogP contribution in [0.4, 0.5) is 11.8 Å². The maximum atomic E-state index is 5.94. The Hall–Kier alpha value is -1.84. The molecule has 1 aliphatic rings. The van der Waals surface area contributed by atoms with E-state index in [4.69, 9.17) is 5.73 Å². The quantitative estimate of drug-likeness (QED) is 0.931. The van der Waals surface area contributed by atoms with E-state index in [1.54, 1.807) is 0 Å². The van der Waals surface area contributed by atoms with E-state index in [2.05, 4.69) is 34.8 Å². The van der Waals surface area contributed by atoms with Crippen molar-refractivity contribution in [2.45, 2.75) is 45.6 Å². The van der Waals surface area contributed by atoms with Gasteiger partial charge in [-0.2, -0.15) is 4.98 Å². The number of rotatable bonds is 4. The summed E-state index contributed by atoms with van der Waals surface area (Å²) >= 11 is 0. The molecule has 0 atom stereocenters. The van der Waals surface area contributed by atoms with Gasteiger partial charge in [-0.25, -0.2) is 4.98 Å². The van der Waals surface area contributed by atoms with Crippen LogP contribution in [-0.2, 0) is 0 Å². The summed E-state index contributed by atoms with van der Waals surface area (Å²) in [5.74, 6) is 1.98. The Morgan fingerprint density at radius 1 is 1.19 bits per heavy atom. The number of hydrogen-bond donors (Lipinski definition) is 1. The topological polar surface area (TPSA) is 55.0 Å². The summed E-state index contributed by atoms with van der Waals surface area (Å²) in [5, 5.41) is 1.11. The smallest absolute Gasteiger partial charge is 0.222 e. The Morgan fingerprint density at radius 2 is 1.90 bits per heavy atom. The molecule has 0 amide bonds. The van der Waals surface area contributed by atoms with Crippen molar-refractivity contribution in [2.75, 3.05) is 17.2 Å². The maximum Gasteiger partial charge on any atom is 0.222 e. The van der Waals surface area contributed by atoms with Crippen LogP contribution >= 0.6 is 0 Å². The lowest BCUT2D eigenvalue weighted by atomic mass is 10.1. The van der Waals surface area contributed by atoms with Crippen LogP contribution in [0.2, 0.25) is 0 Å². The van der Waals surface area contributed by atoms with Crippen molar-refractivity contribution in [2.24, 2.45) is 5.92 Å². The number of nitrogen functional groups attached to an aromatic ring is 1. The molecule has 1 saturated carbocycles. The summed E-state index contributed by atoms with van der Waals surface area (Å²) in [4.78, 5) is 11.4. The molecule has 112 valence electrons. The number of benzene rings is 1. The minimum absolute atomic E-state index is 0.371. The number of fused-ring (bicyclic) bond motifs is 1. The molecule has 3 rings (SSSR count). The van der Waals surface area contributed by atoms with Gasteiger partial charge < -0.3 is 10.6 Å². The van der Waals surface area contributed by atoms with Crippen molar-refractivity contribution >= 4 is 22.7 Å². The molecule has 4 nitrogen and oxygen atoms in total. The molecule has 0 unspecified atom stereocenters. The molecule has 2 aromatic rings.